The highest BCUT2D eigenvalue weighted by Gasteiger charge is 2.22. The molecule has 116 valence electrons. The Hall–Kier alpha value is -1.95. The van der Waals surface area contributed by atoms with Crippen LogP contribution in [0.15, 0.2) is 24.3 Å². The van der Waals surface area contributed by atoms with E-state index in [9.17, 15) is 9.59 Å². The maximum Gasteiger partial charge on any atom is 0.242 e. The van der Waals surface area contributed by atoms with Gasteiger partial charge in [-0.1, -0.05) is 12.1 Å². The van der Waals surface area contributed by atoms with Crippen LogP contribution in [0.3, 0.4) is 0 Å². The van der Waals surface area contributed by atoms with E-state index in [1.807, 2.05) is 24.3 Å². The van der Waals surface area contributed by atoms with E-state index in [1.54, 1.807) is 28.2 Å². The minimum atomic E-state index is -0.0329. The zero-order chi connectivity index (χ0) is 15.5. The molecular weight excluding hydrogens is 298 g/mol. The molecule has 0 bridgehead atoms. The monoisotopic (exact) mass is 317 g/mol. The lowest BCUT2D eigenvalue weighted by molar-refractivity contribution is -0.141. The van der Waals surface area contributed by atoms with Crippen molar-refractivity contribution in [3.05, 3.63) is 29.3 Å². The van der Waals surface area contributed by atoms with Crippen LogP contribution in [0.5, 0.6) is 0 Å². The van der Waals surface area contributed by atoms with Crippen LogP contribution in [0.4, 0.5) is 0 Å². The SMILES string of the molecule is CN(Cc1nc2ccccc2s1)C(=O)CN1CCCCC1=O. The predicted octanol–water partition coefficient (Wildman–Crippen LogP) is 2.27. The first kappa shape index (κ1) is 15.0. The molecule has 1 aromatic heterocycles. The Bertz CT molecular complexity index is 665. The lowest BCUT2D eigenvalue weighted by Gasteiger charge is -2.28. The molecule has 0 saturated carbocycles. The van der Waals surface area contributed by atoms with Crippen molar-refractivity contribution < 1.29 is 9.59 Å². The number of hydrogen-bond acceptors (Lipinski definition) is 4. The highest BCUT2D eigenvalue weighted by atomic mass is 32.1. The third-order valence-corrected chi connectivity index (χ3v) is 4.91. The summed E-state index contributed by atoms with van der Waals surface area (Å²) in [5.41, 5.74) is 0.967. The topological polar surface area (TPSA) is 53.5 Å². The van der Waals surface area contributed by atoms with E-state index in [2.05, 4.69) is 4.98 Å². The molecule has 5 nitrogen and oxygen atoms in total. The molecule has 0 radical (unpaired) electrons. The molecule has 2 aromatic rings. The third kappa shape index (κ3) is 3.27. The van der Waals surface area contributed by atoms with Crippen LogP contribution >= 0.6 is 11.3 Å². The minimum absolute atomic E-state index is 0.0329. The number of carbonyl (C=O) groups is 2. The number of fused-ring (bicyclic) bond motifs is 1. The van der Waals surface area contributed by atoms with Crippen LogP contribution in [-0.4, -0.2) is 46.7 Å². The molecule has 1 fully saturated rings. The van der Waals surface area contributed by atoms with E-state index < -0.39 is 0 Å². The maximum atomic E-state index is 12.3. The first-order valence-electron chi connectivity index (χ1n) is 7.49. The fourth-order valence-corrected chi connectivity index (χ4v) is 3.61. The molecule has 0 N–H and O–H groups in total. The molecule has 2 amide bonds. The number of benzene rings is 1. The molecule has 6 heteroatoms. The number of likely N-dealkylation sites (N-methyl/N-ethyl adjacent to an activating group) is 1. The maximum absolute atomic E-state index is 12.3. The van der Waals surface area contributed by atoms with Gasteiger partial charge in [-0.25, -0.2) is 4.98 Å². The van der Waals surface area contributed by atoms with Gasteiger partial charge in [0.1, 0.15) is 5.01 Å². The predicted molar refractivity (Wildman–Crippen MR) is 86.5 cm³/mol. The first-order valence-corrected chi connectivity index (χ1v) is 8.31. The van der Waals surface area contributed by atoms with Gasteiger partial charge in [0.15, 0.2) is 0 Å². The number of para-hydroxylation sites is 1. The summed E-state index contributed by atoms with van der Waals surface area (Å²) >= 11 is 1.60. The molecule has 0 aliphatic carbocycles. The highest BCUT2D eigenvalue weighted by Crippen LogP contribution is 2.22. The molecule has 0 unspecified atom stereocenters. The van der Waals surface area contributed by atoms with E-state index >= 15 is 0 Å². The van der Waals surface area contributed by atoms with E-state index in [0.717, 1.165) is 28.1 Å². The summed E-state index contributed by atoms with van der Waals surface area (Å²) in [6, 6.07) is 7.96. The number of likely N-dealkylation sites (tertiary alicyclic amines) is 1. The van der Waals surface area contributed by atoms with Crippen LogP contribution < -0.4 is 0 Å². The number of piperidine rings is 1. The summed E-state index contributed by atoms with van der Waals surface area (Å²) in [6.45, 7) is 1.36. The average molecular weight is 317 g/mol. The summed E-state index contributed by atoms with van der Waals surface area (Å²) in [4.78, 5) is 31.9. The molecular formula is C16H19N3O2S. The van der Waals surface area contributed by atoms with Gasteiger partial charge in [0.2, 0.25) is 11.8 Å². The van der Waals surface area contributed by atoms with Crippen LogP contribution in [0.1, 0.15) is 24.3 Å². The number of amides is 2. The van der Waals surface area contributed by atoms with Crippen molar-refractivity contribution in [1.29, 1.82) is 0 Å². The number of aromatic nitrogens is 1. The average Bonchev–Trinajstić information content (AvgIpc) is 2.91. The van der Waals surface area contributed by atoms with Gasteiger partial charge < -0.3 is 9.80 Å². The second-order valence-corrected chi connectivity index (χ2v) is 6.71. The second kappa shape index (κ2) is 6.44. The van der Waals surface area contributed by atoms with Crippen LogP contribution in [0, 0.1) is 0 Å². The lowest BCUT2D eigenvalue weighted by Crippen LogP contribution is -2.43. The zero-order valence-corrected chi connectivity index (χ0v) is 13.4. The smallest absolute Gasteiger partial charge is 0.242 e. The standard InChI is InChI=1S/C16H19N3O2S/c1-18(16(21)11-19-9-5-4-8-15(19)20)10-14-17-12-6-2-3-7-13(12)22-14/h2-3,6-7H,4-5,8-11H2,1H3. The molecule has 1 aromatic carbocycles. The van der Waals surface area contributed by atoms with Gasteiger partial charge >= 0.3 is 0 Å². The first-order chi connectivity index (χ1) is 10.6. The molecule has 1 saturated heterocycles. The fraction of sp³-hybridized carbons (Fsp3) is 0.438. The molecule has 0 spiro atoms. The normalized spacial score (nSPS) is 15.3. The Balaban J connectivity index is 1.61. The molecule has 0 atom stereocenters. The highest BCUT2D eigenvalue weighted by molar-refractivity contribution is 7.18. The van der Waals surface area contributed by atoms with Crippen molar-refractivity contribution in [3.63, 3.8) is 0 Å². The summed E-state index contributed by atoms with van der Waals surface area (Å²) in [6.07, 6.45) is 2.49. The van der Waals surface area contributed by atoms with Crippen molar-refractivity contribution >= 4 is 33.4 Å². The van der Waals surface area contributed by atoms with Gasteiger partial charge in [0, 0.05) is 20.0 Å². The molecule has 3 rings (SSSR count). The lowest BCUT2D eigenvalue weighted by atomic mass is 10.1. The molecule has 1 aliphatic rings. The van der Waals surface area contributed by atoms with Crippen molar-refractivity contribution in [2.24, 2.45) is 0 Å². The molecule has 1 aliphatic heterocycles. The summed E-state index contributed by atoms with van der Waals surface area (Å²) in [5, 5.41) is 0.919. The number of rotatable bonds is 4. The van der Waals surface area contributed by atoms with E-state index in [-0.39, 0.29) is 18.4 Å². The summed E-state index contributed by atoms with van der Waals surface area (Å²) in [5.74, 6) is 0.0579. The van der Waals surface area contributed by atoms with Crippen molar-refractivity contribution in [3.8, 4) is 0 Å². The number of carbonyl (C=O) groups excluding carboxylic acids is 2. The summed E-state index contributed by atoms with van der Waals surface area (Å²) in [7, 11) is 1.77. The van der Waals surface area contributed by atoms with Crippen LogP contribution in [-0.2, 0) is 16.1 Å². The Labute approximate surface area is 133 Å². The number of nitrogens with zero attached hydrogens (tertiary/aromatic N) is 3. The zero-order valence-electron chi connectivity index (χ0n) is 12.6. The van der Waals surface area contributed by atoms with Gasteiger partial charge in [0.25, 0.3) is 0 Å². The largest absolute Gasteiger partial charge is 0.337 e. The van der Waals surface area contributed by atoms with Gasteiger partial charge in [-0.3, -0.25) is 9.59 Å². The van der Waals surface area contributed by atoms with E-state index in [0.29, 0.717) is 19.5 Å². The number of hydrogen-bond donors (Lipinski definition) is 0. The van der Waals surface area contributed by atoms with Gasteiger partial charge in [-0.2, -0.15) is 0 Å². The minimum Gasteiger partial charge on any atom is -0.337 e. The quantitative estimate of drug-likeness (QED) is 0.869. The van der Waals surface area contributed by atoms with Gasteiger partial charge in [-0.05, 0) is 25.0 Å². The second-order valence-electron chi connectivity index (χ2n) is 5.60. The Morgan fingerprint density at radius 3 is 2.95 bits per heavy atom. The Morgan fingerprint density at radius 2 is 2.18 bits per heavy atom. The van der Waals surface area contributed by atoms with Gasteiger partial charge in [-0.15, -0.1) is 11.3 Å². The van der Waals surface area contributed by atoms with Gasteiger partial charge in [0.05, 0.1) is 23.3 Å². The van der Waals surface area contributed by atoms with Crippen molar-refractivity contribution in [2.45, 2.75) is 25.8 Å². The summed E-state index contributed by atoms with van der Waals surface area (Å²) < 4.78 is 1.13. The van der Waals surface area contributed by atoms with Crippen molar-refractivity contribution in [2.75, 3.05) is 20.1 Å². The van der Waals surface area contributed by atoms with Crippen molar-refractivity contribution in [1.82, 2.24) is 14.8 Å². The number of thiazole rings is 1. The van der Waals surface area contributed by atoms with Crippen LogP contribution in [0.2, 0.25) is 0 Å². The third-order valence-electron chi connectivity index (χ3n) is 3.88. The van der Waals surface area contributed by atoms with E-state index in [1.165, 1.54) is 0 Å². The van der Waals surface area contributed by atoms with Crippen LogP contribution in [0.25, 0.3) is 10.2 Å². The van der Waals surface area contributed by atoms with E-state index in [4.69, 9.17) is 0 Å². The Kier molecular flexibility index (Phi) is 4.38. The molecule has 22 heavy (non-hydrogen) atoms. The Morgan fingerprint density at radius 1 is 1.36 bits per heavy atom. The fourth-order valence-electron chi connectivity index (χ4n) is 2.59. The molecule has 2 heterocycles.